The Morgan fingerprint density at radius 1 is 1.00 bits per heavy atom. The van der Waals surface area contributed by atoms with Crippen LogP contribution in [-0.4, -0.2) is 59.4 Å². The van der Waals surface area contributed by atoms with E-state index in [1.165, 1.54) is 6.92 Å². The van der Waals surface area contributed by atoms with E-state index in [2.05, 4.69) is 16.0 Å². The van der Waals surface area contributed by atoms with Crippen molar-refractivity contribution in [3.63, 3.8) is 0 Å². The molecule has 0 saturated carbocycles. The maximum absolute atomic E-state index is 11.9. The van der Waals surface area contributed by atoms with Crippen molar-refractivity contribution < 1.29 is 29.1 Å². The standard InChI is InChI=1S/C16H29N5O6/c1-8(2)6-11(16(26)27)21-13(23)7-19-14(24)9(3)20-15(25)10(17)4-5-12(18)22/h8-11H,4-7,17H2,1-3H3,(H2,18,22)(H,19,24)(H,20,25)(H,21,23)(H,26,27). The highest BCUT2D eigenvalue weighted by molar-refractivity contribution is 5.92. The van der Waals surface area contributed by atoms with E-state index in [0.29, 0.717) is 0 Å². The molecule has 0 aliphatic heterocycles. The van der Waals surface area contributed by atoms with Crippen LogP contribution >= 0.6 is 0 Å². The van der Waals surface area contributed by atoms with Crippen LogP contribution in [0.5, 0.6) is 0 Å². The zero-order valence-electron chi connectivity index (χ0n) is 15.8. The highest BCUT2D eigenvalue weighted by Gasteiger charge is 2.23. The van der Waals surface area contributed by atoms with Gasteiger partial charge in [0.1, 0.15) is 12.1 Å². The fourth-order valence-electron chi connectivity index (χ4n) is 2.07. The molecule has 3 atom stereocenters. The van der Waals surface area contributed by atoms with Gasteiger partial charge in [-0.3, -0.25) is 19.2 Å². The Kier molecular flexibility index (Phi) is 10.7. The highest BCUT2D eigenvalue weighted by Crippen LogP contribution is 2.04. The van der Waals surface area contributed by atoms with Crippen LogP contribution in [0.1, 0.15) is 40.0 Å². The van der Waals surface area contributed by atoms with Crippen LogP contribution in [0.2, 0.25) is 0 Å². The van der Waals surface area contributed by atoms with Crippen molar-refractivity contribution in [1.29, 1.82) is 0 Å². The SMILES string of the molecule is CC(C)CC(NC(=O)CNC(=O)C(C)NC(=O)C(N)CCC(N)=O)C(=O)O. The third-order valence-corrected chi connectivity index (χ3v) is 3.55. The third kappa shape index (κ3) is 10.8. The molecular formula is C16H29N5O6. The summed E-state index contributed by atoms with van der Waals surface area (Å²) < 4.78 is 0. The van der Waals surface area contributed by atoms with Gasteiger partial charge in [-0.2, -0.15) is 0 Å². The van der Waals surface area contributed by atoms with Crippen molar-refractivity contribution in [1.82, 2.24) is 16.0 Å². The molecule has 3 unspecified atom stereocenters. The van der Waals surface area contributed by atoms with Gasteiger partial charge in [-0.15, -0.1) is 0 Å². The van der Waals surface area contributed by atoms with Gasteiger partial charge in [0.05, 0.1) is 12.6 Å². The molecule has 8 N–H and O–H groups in total. The number of hydrogen-bond donors (Lipinski definition) is 6. The molecule has 154 valence electrons. The number of carbonyl (C=O) groups is 5. The molecule has 0 aromatic heterocycles. The van der Waals surface area contributed by atoms with Gasteiger partial charge in [0.15, 0.2) is 0 Å². The van der Waals surface area contributed by atoms with Gasteiger partial charge in [0.25, 0.3) is 0 Å². The molecular weight excluding hydrogens is 358 g/mol. The molecule has 0 spiro atoms. The fourth-order valence-corrected chi connectivity index (χ4v) is 2.07. The monoisotopic (exact) mass is 387 g/mol. The van der Waals surface area contributed by atoms with E-state index in [1.54, 1.807) is 0 Å². The Labute approximate surface area is 157 Å². The minimum absolute atomic E-state index is 0.0460. The molecule has 0 aliphatic rings. The van der Waals surface area contributed by atoms with Gasteiger partial charge in [0, 0.05) is 6.42 Å². The first-order chi connectivity index (χ1) is 12.4. The molecule has 27 heavy (non-hydrogen) atoms. The number of carbonyl (C=O) groups excluding carboxylic acids is 4. The Hall–Kier alpha value is -2.69. The maximum Gasteiger partial charge on any atom is 0.326 e. The lowest BCUT2D eigenvalue weighted by atomic mass is 10.0. The molecule has 0 aromatic carbocycles. The minimum atomic E-state index is -1.16. The van der Waals surface area contributed by atoms with Crippen LogP contribution in [-0.2, 0) is 24.0 Å². The first-order valence-corrected chi connectivity index (χ1v) is 8.58. The van der Waals surface area contributed by atoms with Gasteiger partial charge in [-0.25, -0.2) is 4.79 Å². The zero-order valence-corrected chi connectivity index (χ0v) is 15.8. The minimum Gasteiger partial charge on any atom is -0.480 e. The van der Waals surface area contributed by atoms with E-state index in [4.69, 9.17) is 16.6 Å². The fraction of sp³-hybridized carbons (Fsp3) is 0.688. The molecule has 11 nitrogen and oxygen atoms in total. The zero-order chi connectivity index (χ0) is 21.1. The number of carboxylic acids is 1. The summed E-state index contributed by atoms with van der Waals surface area (Å²) in [7, 11) is 0. The molecule has 0 heterocycles. The van der Waals surface area contributed by atoms with Gasteiger partial charge in [-0.05, 0) is 25.7 Å². The summed E-state index contributed by atoms with van der Waals surface area (Å²) in [6, 6.07) is -3.02. The third-order valence-electron chi connectivity index (χ3n) is 3.55. The Bertz CT molecular complexity index is 566. The van der Waals surface area contributed by atoms with E-state index in [1.807, 2.05) is 13.8 Å². The van der Waals surface area contributed by atoms with Crippen LogP contribution in [0, 0.1) is 5.92 Å². The summed E-state index contributed by atoms with van der Waals surface area (Å²) in [4.78, 5) is 57.3. The molecule has 4 amide bonds. The topological polar surface area (TPSA) is 194 Å². The average Bonchev–Trinajstić information content (AvgIpc) is 2.55. The summed E-state index contributed by atoms with van der Waals surface area (Å²) in [5, 5.41) is 16.1. The van der Waals surface area contributed by atoms with Crippen molar-refractivity contribution in [3.8, 4) is 0 Å². The van der Waals surface area contributed by atoms with Gasteiger partial charge >= 0.3 is 5.97 Å². The van der Waals surface area contributed by atoms with Crippen molar-refractivity contribution in [2.24, 2.45) is 17.4 Å². The summed E-state index contributed by atoms with van der Waals surface area (Å²) in [5.74, 6) is -3.62. The van der Waals surface area contributed by atoms with Gasteiger partial charge < -0.3 is 32.5 Å². The maximum atomic E-state index is 11.9. The van der Waals surface area contributed by atoms with Crippen LogP contribution < -0.4 is 27.4 Å². The van der Waals surface area contributed by atoms with E-state index in [0.717, 1.165) is 0 Å². The van der Waals surface area contributed by atoms with Crippen LogP contribution in [0.3, 0.4) is 0 Å². The summed E-state index contributed by atoms with van der Waals surface area (Å²) in [6.07, 6.45) is 0.242. The first-order valence-electron chi connectivity index (χ1n) is 8.58. The molecule has 0 aliphatic carbocycles. The number of primary amides is 1. The van der Waals surface area contributed by atoms with E-state index < -0.39 is 54.3 Å². The number of rotatable bonds is 12. The molecule has 0 fully saturated rings. The van der Waals surface area contributed by atoms with E-state index in [9.17, 15) is 24.0 Å². The van der Waals surface area contributed by atoms with E-state index >= 15 is 0 Å². The number of nitrogens with one attached hydrogen (secondary N) is 3. The van der Waals surface area contributed by atoms with Crippen LogP contribution in [0.4, 0.5) is 0 Å². The lowest BCUT2D eigenvalue weighted by Crippen LogP contribution is -2.52. The van der Waals surface area contributed by atoms with E-state index in [-0.39, 0.29) is 25.2 Å². The Morgan fingerprint density at radius 2 is 1.59 bits per heavy atom. The van der Waals surface area contributed by atoms with Gasteiger partial charge in [-0.1, -0.05) is 13.8 Å². The summed E-state index contributed by atoms with van der Waals surface area (Å²) in [6.45, 7) is 4.60. The molecule has 11 heteroatoms. The summed E-state index contributed by atoms with van der Waals surface area (Å²) in [5.41, 5.74) is 10.6. The summed E-state index contributed by atoms with van der Waals surface area (Å²) >= 11 is 0. The van der Waals surface area contributed by atoms with Crippen LogP contribution in [0.25, 0.3) is 0 Å². The number of carboxylic acid groups (broad SMARTS) is 1. The molecule has 0 saturated heterocycles. The predicted octanol–water partition coefficient (Wildman–Crippen LogP) is -2.18. The number of nitrogens with two attached hydrogens (primary N) is 2. The lowest BCUT2D eigenvalue weighted by Gasteiger charge is -2.18. The van der Waals surface area contributed by atoms with Crippen molar-refractivity contribution in [2.45, 2.75) is 58.2 Å². The quantitative estimate of drug-likeness (QED) is 0.219. The first kappa shape index (κ1) is 24.3. The highest BCUT2D eigenvalue weighted by atomic mass is 16.4. The smallest absolute Gasteiger partial charge is 0.326 e. The molecule has 0 aromatic rings. The van der Waals surface area contributed by atoms with Crippen LogP contribution in [0.15, 0.2) is 0 Å². The normalized spacial score (nSPS) is 14.0. The Morgan fingerprint density at radius 3 is 2.07 bits per heavy atom. The second-order valence-electron chi connectivity index (χ2n) is 6.65. The molecule has 0 rings (SSSR count). The molecule has 0 bridgehead atoms. The van der Waals surface area contributed by atoms with Crippen molar-refractivity contribution in [2.75, 3.05) is 6.54 Å². The number of amides is 4. The van der Waals surface area contributed by atoms with Gasteiger partial charge in [0.2, 0.25) is 23.6 Å². The molecule has 0 radical (unpaired) electrons. The predicted molar refractivity (Wildman–Crippen MR) is 96.0 cm³/mol. The number of aliphatic carboxylic acids is 1. The van der Waals surface area contributed by atoms with Crippen molar-refractivity contribution in [3.05, 3.63) is 0 Å². The Balaban J connectivity index is 4.39. The largest absolute Gasteiger partial charge is 0.480 e. The second-order valence-corrected chi connectivity index (χ2v) is 6.65. The average molecular weight is 387 g/mol. The van der Waals surface area contributed by atoms with Crippen molar-refractivity contribution >= 4 is 29.6 Å². The second kappa shape index (κ2) is 11.8. The lowest BCUT2D eigenvalue weighted by molar-refractivity contribution is -0.142. The number of hydrogen-bond acceptors (Lipinski definition) is 6.